The molecule has 2 rings (SSSR count). The van der Waals surface area contributed by atoms with Gasteiger partial charge in [-0.3, -0.25) is 0 Å². The molecule has 0 aliphatic heterocycles. The lowest BCUT2D eigenvalue weighted by atomic mass is 9.90. The Morgan fingerprint density at radius 2 is 1.77 bits per heavy atom. The van der Waals surface area contributed by atoms with Crippen LogP contribution < -0.4 is 4.74 Å². The summed E-state index contributed by atoms with van der Waals surface area (Å²) in [4.78, 5) is 11.3. The standard InChI is InChI=1S/C18H20O4/c1-11-8-14(22-10-21-4)9-12(2)17(11)15-6-5-7-16(13(15)3)18(19)20/h5-9H,10H2,1-4H3,(H,19,20). The second-order valence-corrected chi connectivity index (χ2v) is 5.27. The molecule has 0 fully saturated rings. The predicted octanol–water partition coefficient (Wildman–Crippen LogP) is 3.96. The minimum Gasteiger partial charge on any atom is -0.478 e. The molecule has 22 heavy (non-hydrogen) atoms. The van der Waals surface area contributed by atoms with Gasteiger partial charge in [-0.1, -0.05) is 12.1 Å². The van der Waals surface area contributed by atoms with E-state index < -0.39 is 5.97 Å². The van der Waals surface area contributed by atoms with Gasteiger partial charge in [0.05, 0.1) is 5.56 Å². The lowest BCUT2D eigenvalue weighted by molar-refractivity contribution is 0.0510. The maximum absolute atomic E-state index is 11.3. The Bertz CT molecular complexity index is 681. The van der Waals surface area contributed by atoms with Crippen LogP contribution in [0.1, 0.15) is 27.0 Å². The SMILES string of the molecule is COCOc1cc(C)c(-c2cccc(C(=O)O)c2C)c(C)c1. The quantitative estimate of drug-likeness (QED) is 0.849. The van der Waals surface area contributed by atoms with Gasteiger partial charge < -0.3 is 14.6 Å². The van der Waals surface area contributed by atoms with Crippen molar-refractivity contribution >= 4 is 5.97 Å². The van der Waals surface area contributed by atoms with Crippen LogP contribution in [0.2, 0.25) is 0 Å². The number of hydrogen-bond acceptors (Lipinski definition) is 3. The Balaban J connectivity index is 2.54. The molecule has 0 unspecified atom stereocenters. The van der Waals surface area contributed by atoms with Gasteiger partial charge in [0.15, 0.2) is 6.79 Å². The number of carbonyl (C=O) groups is 1. The molecule has 116 valence electrons. The lowest BCUT2D eigenvalue weighted by Crippen LogP contribution is -2.03. The Morgan fingerprint density at radius 3 is 2.32 bits per heavy atom. The van der Waals surface area contributed by atoms with E-state index in [2.05, 4.69) is 0 Å². The van der Waals surface area contributed by atoms with Gasteiger partial charge in [-0.25, -0.2) is 4.79 Å². The second-order valence-electron chi connectivity index (χ2n) is 5.27. The third-order valence-electron chi connectivity index (χ3n) is 3.68. The van der Waals surface area contributed by atoms with Crippen molar-refractivity contribution < 1.29 is 19.4 Å². The van der Waals surface area contributed by atoms with Gasteiger partial charge in [-0.2, -0.15) is 0 Å². The first-order chi connectivity index (χ1) is 10.5. The van der Waals surface area contributed by atoms with Crippen LogP contribution in [0.25, 0.3) is 11.1 Å². The van der Waals surface area contributed by atoms with Gasteiger partial charge in [-0.05, 0) is 66.8 Å². The minimum absolute atomic E-state index is 0.200. The molecule has 0 heterocycles. The average Bonchev–Trinajstić information content (AvgIpc) is 2.45. The van der Waals surface area contributed by atoms with E-state index in [4.69, 9.17) is 9.47 Å². The van der Waals surface area contributed by atoms with Crippen LogP contribution in [0.4, 0.5) is 0 Å². The molecule has 4 nitrogen and oxygen atoms in total. The summed E-state index contributed by atoms with van der Waals surface area (Å²) in [5, 5.41) is 9.28. The Kier molecular flexibility index (Phi) is 4.83. The molecule has 0 bridgehead atoms. The van der Waals surface area contributed by atoms with Crippen LogP contribution >= 0.6 is 0 Å². The van der Waals surface area contributed by atoms with Crippen molar-refractivity contribution in [3.05, 3.63) is 52.6 Å². The topological polar surface area (TPSA) is 55.8 Å². The van der Waals surface area contributed by atoms with Gasteiger partial charge in [0.25, 0.3) is 0 Å². The number of aromatic carboxylic acids is 1. The van der Waals surface area contributed by atoms with Gasteiger partial charge in [-0.15, -0.1) is 0 Å². The highest BCUT2D eigenvalue weighted by atomic mass is 16.7. The van der Waals surface area contributed by atoms with E-state index >= 15 is 0 Å². The smallest absolute Gasteiger partial charge is 0.335 e. The minimum atomic E-state index is -0.908. The van der Waals surface area contributed by atoms with Crippen molar-refractivity contribution in [2.75, 3.05) is 13.9 Å². The molecule has 0 aliphatic rings. The van der Waals surface area contributed by atoms with Crippen LogP contribution in [-0.4, -0.2) is 25.0 Å². The molecule has 0 spiro atoms. The van der Waals surface area contributed by atoms with E-state index in [1.807, 2.05) is 39.0 Å². The fourth-order valence-electron chi connectivity index (χ4n) is 2.70. The number of carboxylic acids is 1. The maximum atomic E-state index is 11.3. The van der Waals surface area contributed by atoms with E-state index in [9.17, 15) is 9.90 Å². The summed E-state index contributed by atoms with van der Waals surface area (Å²) in [6.45, 7) is 6.03. The number of hydrogen-bond donors (Lipinski definition) is 1. The van der Waals surface area contributed by atoms with Crippen LogP contribution in [0.15, 0.2) is 30.3 Å². The summed E-state index contributed by atoms with van der Waals surface area (Å²) < 4.78 is 10.4. The first kappa shape index (κ1) is 16.0. The first-order valence-corrected chi connectivity index (χ1v) is 7.02. The average molecular weight is 300 g/mol. The van der Waals surface area contributed by atoms with Crippen LogP contribution in [0, 0.1) is 20.8 Å². The van der Waals surface area contributed by atoms with Crippen molar-refractivity contribution in [1.82, 2.24) is 0 Å². The summed E-state index contributed by atoms with van der Waals surface area (Å²) in [6, 6.07) is 9.23. The summed E-state index contributed by atoms with van der Waals surface area (Å²) in [5.74, 6) is -0.164. The van der Waals surface area contributed by atoms with Gasteiger partial charge >= 0.3 is 5.97 Å². The molecule has 4 heteroatoms. The molecule has 0 radical (unpaired) electrons. The van der Waals surface area contributed by atoms with Gasteiger partial charge in [0.1, 0.15) is 5.75 Å². The van der Waals surface area contributed by atoms with E-state index in [0.29, 0.717) is 5.56 Å². The van der Waals surface area contributed by atoms with Crippen LogP contribution in [0.5, 0.6) is 5.75 Å². The molecule has 0 amide bonds. The molecule has 0 saturated heterocycles. The fraction of sp³-hybridized carbons (Fsp3) is 0.278. The molecule has 0 saturated carbocycles. The molecular weight excluding hydrogens is 280 g/mol. The zero-order valence-corrected chi connectivity index (χ0v) is 13.3. The van der Waals surface area contributed by atoms with Crippen molar-refractivity contribution in [2.45, 2.75) is 20.8 Å². The second kappa shape index (κ2) is 6.62. The molecule has 0 aliphatic carbocycles. The monoisotopic (exact) mass is 300 g/mol. The molecule has 1 N–H and O–H groups in total. The Morgan fingerprint density at radius 1 is 1.14 bits per heavy atom. The van der Waals surface area contributed by atoms with Crippen LogP contribution in [-0.2, 0) is 4.74 Å². The highest BCUT2D eigenvalue weighted by Gasteiger charge is 2.15. The Hall–Kier alpha value is -2.33. The van der Waals surface area contributed by atoms with Gasteiger partial charge in [0, 0.05) is 7.11 Å². The van der Waals surface area contributed by atoms with Crippen molar-refractivity contribution in [3.63, 3.8) is 0 Å². The van der Waals surface area contributed by atoms with E-state index in [1.165, 1.54) is 0 Å². The number of carboxylic acid groups (broad SMARTS) is 1. The number of benzene rings is 2. The Labute approximate surface area is 130 Å². The molecule has 0 atom stereocenters. The summed E-state index contributed by atoms with van der Waals surface area (Å²) in [7, 11) is 1.58. The number of ether oxygens (including phenoxy) is 2. The number of methoxy groups -OCH3 is 1. The number of aryl methyl sites for hydroxylation is 2. The highest BCUT2D eigenvalue weighted by Crippen LogP contribution is 2.34. The molecule has 2 aromatic carbocycles. The normalized spacial score (nSPS) is 10.5. The maximum Gasteiger partial charge on any atom is 0.335 e. The van der Waals surface area contributed by atoms with E-state index in [-0.39, 0.29) is 6.79 Å². The summed E-state index contributed by atoms with van der Waals surface area (Å²) in [6.07, 6.45) is 0. The molecule has 0 aromatic heterocycles. The van der Waals surface area contributed by atoms with Crippen molar-refractivity contribution in [1.29, 1.82) is 0 Å². The highest BCUT2D eigenvalue weighted by molar-refractivity contribution is 5.92. The first-order valence-electron chi connectivity index (χ1n) is 7.02. The van der Waals surface area contributed by atoms with E-state index in [1.54, 1.807) is 19.2 Å². The largest absolute Gasteiger partial charge is 0.478 e. The zero-order chi connectivity index (χ0) is 16.3. The van der Waals surface area contributed by atoms with Crippen molar-refractivity contribution in [2.24, 2.45) is 0 Å². The molecule has 2 aromatic rings. The molecular formula is C18H20O4. The summed E-state index contributed by atoms with van der Waals surface area (Å²) >= 11 is 0. The van der Waals surface area contributed by atoms with E-state index in [0.717, 1.165) is 33.6 Å². The van der Waals surface area contributed by atoms with Gasteiger partial charge in [0.2, 0.25) is 0 Å². The number of rotatable bonds is 5. The third-order valence-corrected chi connectivity index (χ3v) is 3.68. The predicted molar refractivity (Wildman–Crippen MR) is 85.6 cm³/mol. The fourth-order valence-corrected chi connectivity index (χ4v) is 2.70. The third kappa shape index (κ3) is 3.12. The van der Waals surface area contributed by atoms with Crippen LogP contribution in [0.3, 0.4) is 0 Å². The summed E-state index contributed by atoms with van der Waals surface area (Å²) in [5.41, 5.74) is 5.16. The lowest BCUT2D eigenvalue weighted by Gasteiger charge is -2.16. The zero-order valence-electron chi connectivity index (χ0n) is 13.3. The van der Waals surface area contributed by atoms with Crippen molar-refractivity contribution in [3.8, 4) is 16.9 Å².